The second kappa shape index (κ2) is 9.11. The molecule has 0 aliphatic rings. The average Bonchev–Trinajstić information content (AvgIpc) is 2.61. The first-order chi connectivity index (χ1) is 13.7. The number of rotatable bonds is 6. The molecule has 0 bridgehead atoms. The van der Waals surface area contributed by atoms with E-state index in [1.807, 2.05) is 0 Å². The van der Waals surface area contributed by atoms with E-state index in [0.29, 0.717) is 0 Å². The van der Waals surface area contributed by atoms with Crippen LogP contribution in [0.2, 0.25) is 0 Å². The van der Waals surface area contributed by atoms with Crippen LogP contribution >= 0.6 is 0 Å². The van der Waals surface area contributed by atoms with Gasteiger partial charge in [-0.05, 0) is 63.2 Å². The molecule has 0 heterocycles. The third kappa shape index (κ3) is 5.47. The highest BCUT2D eigenvalue weighted by Crippen LogP contribution is 2.52. The van der Waals surface area contributed by atoms with Crippen molar-refractivity contribution in [1.82, 2.24) is 0 Å². The van der Waals surface area contributed by atoms with Crippen molar-refractivity contribution in [2.45, 2.75) is 138 Å². The summed E-state index contributed by atoms with van der Waals surface area (Å²) >= 11 is 0. The third-order valence-electron chi connectivity index (χ3n) is 11.1. The second-order valence-electron chi connectivity index (χ2n) is 14.8. The van der Waals surface area contributed by atoms with Crippen molar-refractivity contribution < 1.29 is 0 Å². The van der Waals surface area contributed by atoms with E-state index in [1.54, 1.807) is 0 Å². The third-order valence-corrected chi connectivity index (χ3v) is 11.1. The monoisotopic (exact) mass is 444 g/mol. The molecule has 0 N–H and O–H groups in total. The Bertz CT molecular complexity index is 716. The SMILES string of the molecule is C/C(=C(\C)C(C)(C)/C(C)=C(/C)C(C)(C)C(C)(C)C)C(C)(C)/C(C)=C(/C)C(C)(C)C(C)(C)C. The van der Waals surface area contributed by atoms with Crippen LogP contribution in [-0.4, -0.2) is 0 Å². The fourth-order valence-electron chi connectivity index (χ4n) is 4.50. The van der Waals surface area contributed by atoms with Gasteiger partial charge in [-0.2, -0.15) is 0 Å². The lowest BCUT2D eigenvalue weighted by atomic mass is 9.60. The summed E-state index contributed by atoms with van der Waals surface area (Å²) in [7, 11) is 0. The standard InChI is InChI=1S/C32H60/c1-21(29(13,14)23(3)25(5)31(17,18)27(7,8)9)22(2)30(15,16)24(4)26(6)32(19,20)28(10,11)12/h1-20H3/b22-21-,25-23-,26-24-. The molecule has 0 saturated carbocycles. The molecule has 0 heteroatoms. The van der Waals surface area contributed by atoms with Gasteiger partial charge in [-0.1, -0.05) is 130 Å². The normalized spacial score (nSPS) is 17.6. The second-order valence-corrected chi connectivity index (χ2v) is 14.8. The summed E-state index contributed by atoms with van der Waals surface area (Å²) in [6, 6.07) is 0. The van der Waals surface area contributed by atoms with E-state index in [2.05, 4.69) is 138 Å². The topological polar surface area (TPSA) is 0 Å². The molecule has 0 aromatic rings. The Labute approximate surface area is 204 Å². The van der Waals surface area contributed by atoms with Crippen LogP contribution in [-0.2, 0) is 0 Å². The quantitative estimate of drug-likeness (QED) is 0.357. The zero-order chi connectivity index (χ0) is 26.5. The van der Waals surface area contributed by atoms with E-state index in [-0.39, 0.29) is 32.5 Å². The minimum absolute atomic E-state index is 0.0156. The van der Waals surface area contributed by atoms with Gasteiger partial charge in [-0.3, -0.25) is 0 Å². The van der Waals surface area contributed by atoms with Crippen LogP contribution in [0.3, 0.4) is 0 Å². The van der Waals surface area contributed by atoms with Gasteiger partial charge in [-0.25, -0.2) is 0 Å². The lowest BCUT2D eigenvalue weighted by Gasteiger charge is -2.45. The van der Waals surface area contributed by atoms with Crippen molar-refractivity contribution in [3.63, 3.8) is 0 Å². The fourth-order valence-corrected chi connectivity index (χ4v) is 4.50. The largest absolute Gasteiger partial charge is 0.0674 e. The molecule has 0 atom stereocenters. The van der Waals surface area contributed by atoms with Gasteiger partial charge in [0.25, 0.3) is 0 Å². The Morgan fingerprint density at radius 1 is 0.281 bits per heavy atom. The van der Waals surface area contributed by atoms with E-state index in [0.717, 1.165) is 0 Å². The average molecular weight is 445 g/mol. The Balaban J connectivity index is 6.82. The maximum absolute atomic E-state index is 2.42. The van der Waals surface area contributed by atoms with Crippen molar-refractivity contribution in [3.05, 3.63) is 33.4 Å². The first-order valence-electron chi connectivity index (χ1n) is 12.8. The van der Waals surface area contributed by atoms with Crippen molar-refractivity contribution in [2.75, 3.05) is 0 Å². The van der Waals surface area contributed by atoms with Crippen LogP contribution in [0.4, 0.5) is 0 Å². The first-order valence-corrected chi connectivity index (χ1v) is 12.8. The minimum Gasteiger partial charge on any atom is -0.0674 e. The van der Waals surface area contributed by atoms with Gasteiger partial charge >= 0.3 is 0 Å². The minimum atomic E-state index is 0.0156. The molecule has 0 rings (SSSR count). The Kier molecular flexibility index (Phi) is 8.89. The van der Waals surface area contributed by atoms with Crippen LogP contribution in [0.1, 0.15) is 138 Å². The van der Waals surface area contributed by atoms with Crippen molar-refractivity contribution in [2.24, 2.45) is 32.5 Å². The van der Waals surface area contributed by atoms with Crippen molar-refractivity contribution in [3.8, 4) is 0 Å². The lowest BCUT2D eigenvalue weighted by Crippen LogP contribution is -2.34. The van der Waals surface area contributed by atoms with E-state index in [1.165, 1.54) is 33.4 Å². The predicted octanol–water partition coefficient (Wildman–Crippen LogP) is 11.2. The molecule has 0 nitrogen and oxygen atoms in total. The van der Waals surface area contributed by atoms with Gasteiger partial charge in [-0.15, -0.1) is 0 Å². The molecule has 0 aliphatic carbocycles. The molecular formula is C32H60. The van der Waals surface area contributed by atoms with Gasteiger partial charge < -0.3 is 0 Å². The summed E-state index contributed by atoms with van der Waals surface area (Å²) in [5.41, 5.74) is 9.83. The maximum Gasteiger partial charge on any atom is 0.00641 e. The number of allylic oxidation sites excluding steroid dienone is 6. The first kappa shape index (κ1) is 31.2. The molecule has 0 spiro atoms. The molecule has 0 aromatic carbocycles. The molecule has 188 valence electrons. The van der Waals surface area contributed by atoms with E-state index in [9.17, 15) is 0 Å². The number of hydrogen-bond donors (Lipinski definition) is 0. The lowest BCUT2D eigenvalue weighted by molar-refractivity contribution is 0.173. The smallest absolute Gasteiger partial charge is 0.00641 e. The van der Waals surface area contributed by atoms with Crippen LogP contribution in [0, 0.1) is 32.5 Å². The molecular weight excluding hydrogens is 384 g/mol. The fraction of sp³-hybridized carbons (Fsp3) is 0.812. The molecule has 0 fully saturated rings. The highest BCUT2D eigenvalue weighted by molar-refractivity contribution is 5.39. The summed E-state index contributed by atoms with van der Waals surface area (Å²) in [6.07, 6.45) is 0. The summed E-state index contributed by atoms with van der Waals surface area (Å²) in [5, 5.41) is 0. The molecule has 0 amide bonds. The van der Waals surface area contributed by atoms with Crippen LogP contribution in [0.25, 0.3) is 0 Å². The highest BCUT2D eigenvalue weighted by Gasteiger charge is 2.40. The van der Waals surface area contributed by atoms with Crippen molar-refractivity contribution >= 4 is 0 Å². The van der Waals surface area contributed by atoms with E-state index >= 15 is 0 Å². The molecule has 0 radical (unpaired) electrons. The van der Waals surface area contributed by atoms with Crippen LogP contribution in [0.5, 0.6) is 0 Å². The van der Waals surface area contributed by atoms with Gasteiger partial charge in [0.05, 0.1) is 0 Å². The van der Waals surface area contributed by atoms with Gasteiger partial charge in [0, 0.05) is 10.8 Å². The summed E-state index contributed by atoms with van der Waals surface area (Å²) in [6.45, 7) is 47.7. The Morgan fingerprint density at radius 3 is 0.594 bits per heavy atom. The van der Waals surface area contributed by atoms with E-state index < -0.39 is 0 Å². The molecule has 0 aliphatic heterocycles. The highest BCUT2D eigenvalue weighted by atomic mass is 14.5. The molecule has 0 unspecified atom stereocenters. The predicted molar refractivity (Wildman–Crippen MR) is 149 cm³/mol. The van der Waals surface area contributed by atoms with Gasteiger partial charge in [0.2, 0.25) is 0 Å². The molecule has 32 heavy (non-hydrogen) atoms. The summed E-state index contributed by atoms with van der Waals surface area (Å²) in [4.78, 5) is 0. The molecule has 0 aromatic heterocycles. The summed E-state index contributed by atoms with van der Waals surface area (Å²) in [5.74, 6) is 0. The van der Waals surface area contributed by atoms with Gasteiger partial charge in [0.1, 0.15) is 0 Å². The summed E-state index contributed by atoms with van der Waals surface area (Å²) < 4.78 is 0. The van der Waals surface area contributed by atoms with Crippen LogP contribution in [0.15, 0.2) is 33.4 Å². The Morgan fingerprint density at radius 2 is 0.438 bits per heavy atom. The van der Waals surface area contributed by atoms with E-state index in [4.69, 9.17) is 0 Å². The van der Waals surface area contributed by atoms with Crippen molar-refractivity contribution in [1.29, 1.82) is 0 Å². The maximum atomic E-state index is 2.42. The zero-order valence-electron chi connectivity index (χ0n) is 26.0. The zero-order valence-corrected chi connectivity index (χ0v) is 26.0. The number of hydrogen-bond acceptors (Lipinski definition) is 0. The van der Waals surface area contributed by atoms with Crippen LogP contribution < -0.4 is 0 Å². The van der Waals surface area contributed by atoms with Gasteiger partial charge in [0.15, 0.2) is 0 Å². The molecule has 0 saturated heterocycles. The Hall–Kier alpha value is -0.780.